The number of rotatable bonds is 16. The highest BCUT2D eigenvalue weighted by Crippen LogP contribution is 2.30. The van der Waals surface area contributed by atoms with Gasteiger partial charge in [-0.15, -0.1) is 0 Å². The van der Waals surface area contributed by atoms with Crippen molar-refractivity contribution in [3.63, 3.8) is 0 Å². The van der Waals surface area contributed by atoms with Crippen molar-refractivity contribution in [3.8, 4) is 0 Å². The van der Waals surface area contributed by atoms with Crippen LogP contribution in [0.15, 0.2) is 114 Å². The normalized spacial score (nSPS) is 12.9. The second kappa shape index (κ2) is 17.7. The van der Waals surface area contributed by atoms with Crippen LogP contribution in [-0.2, 0) is 32.6 Å². The predicted molar refractivity (Wildman–Crippen MR) is 189 cm³/mol. The smallest absolute Gasteiger partial charge is 0.407 e. The van der Waals surface area contributed by atoms with E-state index in [2.05, 4.69) is 10.6 Å². The topological polar surface area (TPSA) is 145 Å². The summed E-state index contributed by atoms with van der Waals surface area (Å²) in [6.45, 7) is 3.57. The molecule has 0 aliphatic carbocycles. The van der Waals surface area contributed by atoms with Crippen molar-refractivity contribution >= 4 is 27.7 Å². The molecule has 4 rings (SSSR count). The molecule has 0 radical (unpaired) electrons. The number of carbonyl (C=O) groups is 2. The molecule has 2 atom stereocenters. The van der Waals surface area contributed by atoms with E-state index < -0.39 is 46.6 Å². The Morgan fingerprint density at radius 1 is 0.816 bits per heavy atom. The highest BCUT2D eigenvalue weighted by Gasteiger charge is 2.34. The zero-order chi connectivity index (χ0) is 35.4. The van der Waals surface area contributed by atoms with Crippen molar-refractivity contribution in [2.45, 2.75) is 56.2 Å². The molecule has 4 aromatic rings. The Labute approximate surface area is 288 Å². The van der Waals surface area contributed by atoms with Crippen molar-refractivity contribution in [1.29, 1.82) is 0 Å². The zero-order valence-electron chi connectivity index (χ0n) is 28.0. The Morgan fingerprint density at radius 2 is 1.43 bits per heavy atom. The van der Waals surface area contributed by atoms with Gasteiger partial charge >= 0.3 is 6.09 Å². The first-order valence-electron chi connectivity index (χ1n) is 16.2. The fraction of sp³-hybridized carbons (Fsp3) is 0.316. The first-order valence-corrected chi connectivity index (χ1v) is 17.7. The number of hydrogen-bond donors (Lipinski definition) is 4. The maximum Gasteiger partial charge on any atom is 0.407 e. The minimum Gasteiger partial charge on any atom is -0.453 e. The summed E-state index contributed by atoms with van der Waals surface area (Å²) in [6, 6.07) is 30.0. The Hall–Kier alpha value is -4.55. The van der Waals surface area contributed by atoms with Crippen LogP contribution in [0.25, 0.3) is 0 Å². The Kier molecular flexibility index (Phi) is 13.5. The highest BCUT2D eigenvalue weighted by molar-refractivity contribution is 7.89. The van der Waals surface area contributed by atoms with Gasteiger partial charge in [0.25, 0.3) is 0 Å². The molecule has 0 heterocycles. The quantitative estimate of drug-likeness (QED) is 0.125. The van der Waals surface area contributed by atoms with Gasteiger partial charge in [-0.2, -0.15) is 4.31 Å². The van der Waals surface area contributed by atoms with Crippen LogP contribution < -0.4 is 10.6 Å². The molecule has 0 saturated heterocycles. The number of alkyl carbamates (subject to hydrolysis) is 1. The number of nitrogens with one attached hydrogen (secondary N) is 2. The third kappa shape index (κ3) is 9.99. The number of amides is 2. The number of hydrogen-bond acceptors (Lipinski definition) is 7. The van der Waals surface area contributed by atoms with Gasteiger partial charge < -0.3 is 25.6 Å². The summed E-state index contributed by atoms with van der Waals surface area (Å²) in [4.78, 5) is 26.6. The third-order valence-corrected chi connectivity index (χ3v) is 10.3. The number of methoxy groups -OCH3 is 1. The van der Waals surface area contributed by atoms with E-state index >= 15 is 0 Å². The van der Waals surface area contributed by atoms with Crippen molar-refractivity contribution in [1.82, 2.24) is 9.62 Å². The Balaban J connectivity index is 1.63. The molecule has 4 N–H and O–H groups in total. The van der Waals surface area contributed by atoms with Crippen LogP contribution in [0, 0.1) is 5.92 Å². The maximum absolute atomic E-state index is 14.0. The Bertz CT molecular complexity index is 1710. The molecule has 49 heavy (non-hydrogen) atoms. The summed E-state index contributed by atoms with van der Waals surface area (Å²) in [5.41, 5.74) is 3.36. The highest BCUT2D eigenvalue weighted by atomic mass is 32.2. The summed E-state index contributed by atoms with van der Waals surface area (Å²) >= 11 is 0. The van der Waals surface area contributed by atoms with Gasteiger partial charge in [0.15, 0.2) is 0 Å². The summed E-state index contributed by atoms with van der Waals surface area (Å²) in [5, 5.41) is 25.6. The molecule has 0 bridgehead atoms. The van der Waals surface area contributed by atoms with Gasteiger partial charge in [0.2, 0.25) is 15.9 Å². The zero-order valence-corrected chi connectivity index (χ0v) is 28.8. The molecule has 0 aromatic heterocycles. The lowest BCUT2D eigenvalue weighted by molar-refractivity contribution is -0.118. The number of aliphatic hydroxyl groups is 2. The first kappa shape index (κ1) is 37.3. The van der Waals surface area contributed by atoms with Crippen molar-refractivity contribution in [2.24, 2.45) is 5.92 Å². The van der Waals surface area contributed by atoms with E-state index in [1.165, 1.54) is 23.5 Å². The van der Waals surface area contributed by atoms with Gasteiger partial charge in [-0.05, 0) is 65.3 Å². The van der Waals surface area contributed by atoms with Crippen LogP contribution in [0.2, 0.25) is 0 Å². The maximum atomic E-state index is 14.0. The molecule has 0 fully saturated rings. The first-order chi connectivity index (χ1) is 23.6. The number of anilines is 1. The van der Waals surface area contributed by atoms with Crippen LogP contribution in [-0.4, -0.2) is 67.3 Å². The van der Waals surface area contributed by atoms with Gasteiger partial charge in [0, 0.05) is 18.2 Å². The molecule has 11 heteroatoms. The lowest BCUT2D eigenvalue weighted by Crippen LogP contribution is -2.48. The minimum absolute atomic E-state index is 0.0726. The van der Waals surface area contributed by atoms with Gasteiger partial charge in [-0.3, -0.25) is 4.79 Å². The van der Waals surface area contributed by atoms with Crippen LogP contribution in [0.1, 0.15) is 48.4 Å². The summed E-state index contributed by atoms with van der Waals surface area (Å²) < 4.78 is 34.0. The molecule has 4 aromatic carbocycles. The molecule has 2 unspecified atom stereocenters. The van der Waals surface area contributed by atoms with Crippen LogP contribution >= 0.6 is 0 Å². The van der Waals surface area contributed by atoms with Gasteiger partial charge in [-0.25, -0.2) is 13.2 Å². The van der Waals surface area contributed by atoms with Crippen LogP contribution in [0.3, 0.4) is 0 Å². The Morgan fingerprint density at radius 3 is 1.96 bits per heavy atom. The van der Waals surface area contributed by atoms with Crippen LogP contribution in [0.4, 0.5) is 10.5 Å². The average Bonchev–Trinajstić information content (AvgIpc) is 3.11. The SMILES string of the molecule is COC(=O)NC(C(=O)Nc1cccc(CC(CO)N(CCC(C)C)S(=O)(=O)c2ccc(CO)cc2)c1)C(c1ccccc1)c1ccccc1. The summed E-state index contributed by atoms with van der Waals surface area (Å²) in [6.07, 6.45) is -0.00319. The van der Waals surface area contributed by atoms with Gasteiger partial charge in [-0.1, -0.05) is 98.8 Å². The lowest BCUT2D eigenvalue weighted by Gasteiger charge is -2.31. The molecule has 260 valence electrons. The fourth-order valence-electron chi connectivity index (χ4n) is 5.70. The van der Waals surface area contributed by atoms with Gasteiger partial charge in [0.1, 0.15) is 6.04 Å². The van der Waals surface area contributed by atoms with Crippen molar-refractivity contribution in [3.05, 3.63) is 131 Å². The number of carbonyl (C=O) groups excluding carboxylic acids is 2. The molecule has 0 aliphatic heterocycles. The summed E-state index contributed by atoms with van der Waals surface area (Å²) in [5.74, 6) is -0.810. The second-order valence-electron chi connectivity index (χ2n) is 12.2. The molecule has 0 aliphatic rings. The van der Waals surface area contributed by atoms with Crippen molar-refractivity contribution in [2.75, 3.05) is 25.6 Å². The molecular weight excluding hydrogens is 642 g/mol. The summed E-state index contributed by atoms with van der Waals surface area (Å²) in [7, 11) is -2.76. The van der Waals surface area contributed by atoms with E-state index in [4.69, 9.17) is 4.74 Å². The fourth-order valence-corrected chi connectivity index (χ4v) is 7.33. The van der Waals surface area contributed by atoms with Gasteiger partial charge in [0.05, 0.1) is 31.3 Å². The largest absolute Gasteiger partial charge is 0.453 e. The van der Waals surface area contributed by atoms with Crippen molar-refractivity contribution < 1.29 is 33.0 Å². The number of nitrogens with zero attached hydrogens (tertiary/aromatic N) is 1. The lowest BCUT2D eigenvalue weighted by atomic mass is 9.84. The molecule has 0 saturated carbocycles. The predicted octanol–water partition coefficient (Wildman–Crippen LogP) is 5.31. The van der Waals surface area contributed by atoms with E-state index in [0.717, 1.165) is 11.1 Å². The van der Waals surface area contributed by atoms with E-state index in [9.17, 15) is 28.2 Å². The average molecular weight is 688 g/mol. The van der Waals surface area contributed by atoms with Crippen LogP contribution in [0.5, 0.6) is 0 Å². The third-order valence-electron chi connectivity index (χ3n) is 8.32. The standard InChI is InChI=1S/C38H45N3O7S/c1-27(2)21-22-41(49(46,47)34-19-17-28(25-42)18-20-34)33(26-43)24-29-11-10-16-32(23-29)39-37(44)36(40-38(45)48-3)35(30-12-6-4-7-13-30)31-14-8-5-9-15-31/h4-20,23,27,33,35-36,42-43H,21-22,24-26H2,1-3H3,(H,39,44)(H,40,45). The van der Waals surface area contributed by atoms with E-state index in [-0.39, 0.29) is 30.4 Å². The molecule has 2 amide bonds. The monoisotopic (exact) mass is 687 g/mol. The molecular formula is C38H45N3O7S. The number of sulfonamides is 1. The van der Waals surface area contributed by atoms with E-state index in [1.54, 1.807) is 30.3 Å². The second-order valence-corrected chi connectivity index (χ2v) is 14.1. The van der Waals surface area contributed by atoms with E-state index in [1.807, 2.05) is 80.6 Å². The molecule has 10 nitrogen and oxygen atoms in total. The van der Waals surface area contributed by atoms with E-state index in [0.29, 0.717) is 23.2 Å². The molecule has 0 spiro atoms. The minimum atomic E-state index is -4.00. The number of ether oxygens (including phenoxy) is 1. The number of benzene rings is 4. The number of aliphatic hydroxyl groups excluding tert-OH is 2.